The molecule has 1 unspecified atom stereocenters. The standard InChI is InChI=1S/C25H29N3O/c1-19-13-15-27(16-14-19)24(29)25(3,28-17-20(2)26-18-28)23-11-9-22(10-12-23)21-7-5-4-6-8-21/h4-12,17-19H,13-16H2,1-3H3. The average molecular weight is 388 g/mol. The fraction of sp³-hybridized carbons (Fsp3) is 0.360. The second kappa shape index (κ2) is 7.86. The van der Waals surface area contributed by atoms with Gasteiger partial charge in [0.25, 0.3) is 5.91 Å². The van der Waals surface area contributed by atoms with Crippen LogP contribution in [0.25, 0.3) is 11.1 Å². The van der Waals surface area contributed by atoms with Gasteiger partial charge in [-0.3, -0.25) is 4.79 Å². The molecule has 0 radical (unpaired) electrons. The van der Waals surface area contributed by atoms with Crippen LogP contribution in [0.4, 0.5) is 0 Å². The molecular formula is C25H29N3O. The quantitative estimate of drug-likeness (QED) is 0.640. The summed E-state index contributed by atoms with van der Waals surface area (Å²) in [5, 5.41) is 0. The van der Waals surface area contributed by atoms with Gasteiger partial charge in [-0.2, -0.15) is 0 Å². The number of piperidine rings is 1. The van der Waals surface area contributed by atoms with Gasteiger partial charge in [-0.15, -0.1) is 0 Å². The zero-order valence-electron chi connectivity index (χ0n) is 17.5. The summed E-state index contributed by atoms with van der Waals surface area (Å²) in [6, 6.07) is 18.7. The van der Waals surface area contributed by atoms with Crippen LogP contribution in [-0.2, 0) is 10.3 Å². The molecule has 0 saturated carbocycles. The van der Waals surface area contributed by atoms with Crippen molar-refractivity contribution in [2.45, 2.75) is 39.2 Å². The Morgan fingerprint density at radius 3 is 2.21 bits per heavy atom. The van der Waals surface area contributed by atoms with Crippen molar-refractivity contribution < 1.29 is 4.79 Å². The van der Waals surface area contributed by atoms with Gasteiger partial charge in [-0.1, -0.05) is 61.5 Å². The number of nitrogens with zero attached hydrogens (tertiary/aromatic N) is 3. The first-order valence-electron chi connectivity index (χ1n) is 10.4. The molecule has 2 aromatic carbocycles. The number of amides is 1. The van der Waals surface area contributed by atoms with Crippen molar-refractivity contribution in [1.29, 1.82) is 0 Å². The fourth-order valence-electron chi connectivity index (χ4n) is 4.19. The molecule has 4 heteroatoms. The number of rotatable bonds is 4. The van der Waals surface area contributed by atoms with Gasteiger partial charge in [-0.05, 0) is 49.3 Å². The highest BCUT2D eigenvalue weighted by atomic mass is 16.2. The van der Waals surface area contributed by atoms with E-state index in [-0.39, 0.29) is 5.91 Å². The predicted molar refractivity (Wildman–Crippen MR) is 117 cm³/mol. The molecule has 1 atom stereocenters. The number of hydrogen-bond acceptors (Lipinski definition) is 2. The van der Waals surface area contributed by atoms with Crippen molar-refractivity contribution in [2.75, 3.05) is 13.1 Å². The lowest BCUT2D eigenvalue weighted by molar-refractivity contribution is -0.139. The molecule has 1 aliphatic rings. The van der Waals surface area contributed by atoms with Crippen LogP contribution in [0.2, 0.25) is 0 Å². The number of benzene rings is 2. The first-order chi connectivity index (χ1) is 14.0. The van der Waals surface area contributed by atoms with Gasteiger partial charge in [0, 0.05) is 19.3 Å². The second-order valence-electron chi connectivity index (χ2n) is 8.41. The van der Waals surface area contributed by atoms with Crippen molar-refractivity contribution in [3.63, 3.8) is 0 Å². The van der Waals surface area contributed by atoms with Crippen molar-refractivity contribution in [2.24, 2.45) is 5.92 Å². The summed E-state index contributed by atoms with van der Waals surface area (Å²) in [6.07, 6.45) is 5.88. The van der Waals surface area contributed by atoms with Crippen LogP contribution in [0.3, 0.4) is 0 Å². The SMILES string of the molecule is Cc1cn(C(C)(C(=O)N2CCC(C)CC2)c2ccc(-c3ccccc3)cc2)cn1. The van der Waals surface area contributed by atoms with Crippen LogP contribution in [0.1, 0.15) is 37.9 Å². The highest BCUT2D eigenvalue weighted by Gasteiger charge is 2.41. The molecule has 4 nitrogen and oxygen atoms in total. The molecular weight excluding hydrogens is 358 g/mol. The van der Waals surface area contributed by atoms with Crippen LogP contribution in [-0.4, -0.2) is 33.4 Å². The molecule has 1 saturated heterocycles. The predicted octanol–water partition coefficient (Wildman–Crippen LogP) is 4.88. The number of aromatic nitrogens is 2. The van der Waals surface area contributed by atoms with Gasteiger partial charge in [-0.25, -0.2) is 4.98 Å². The summed E-state index contributed by atoms with van der Waals surface area (Å²) in [4.78, 5) is 20.2. The van der Waals surface area contributed by atoms with Crippen LogP contribution < -0.4 is 0 Å². The lowest BCUT2D eigenvalue weighted by Gasteiger charge is -2.39. The van der Waals surface area contributed by atoms with Gasteiger partial charge >= 0.3 is 0 Å². The van der Waals surface area contributed by atoms with E-state index in [2.05, 4.69) is 48.3 Å². The number of hydrogen-bond donors (Lipinski definition) is 0. The molecule has 3 aromatic rings. The van der Waals surface area contributed by atoms with E-state index in [1.165, 1.54) is 5.56 Å². The third kappa shape index (κ3) is 3.71. The first kappa shape index (κ1) is 19.4. The summed E-state index contributed by atoms with van der Waals surface area (Å²) < 4.78 is 1.97. The lowest BCUT2D eigenvalue weighted by Crippen LogP contribution is -2.51. The smallest absolute Gasteiger partial charge is 0.253 e. The highest BCUT2D eigenvalue weighted by molar-refractivity contribution is 5.88. The van der Waals surface area contributed by atoms with Crippen LogP contribution >= 0.6 is 0 Å². The molecule has 2 heterocycles. The number of likely N-dealkylation sites (tertiary alicyclic amines) is 1. The molecule has 4 rings (SSSR count). The van der Waals surface area contributed by atoms with E-state index < -0.39 is 5.54 Å². The monoisotopic (exact) mass is 387 g/mol. The van der Waals surface area contributed by atoms with Crippen molar-refractivity contribution in [3.8, 4) is 11.1 Å². The van der Waals surface area contributed by atoms with Gasteiger partial charge in [0.15, 0.2) is 0 Å². The molecule has 0 bridgehead atoms. The zero-order chi connectivity index (χ0) is 20.4. The Balaban J connectivity index is 1.72. The molecule has 1 fully saturated rings. The third-order valence-corrected chi connectivity index (χ3v) is 6.27. The molecule has 1 aliphatic heterocycles. The Morgan fingerprint density at radius 1 is 1.00 bits per heavy atom. The minimum absolute atomic E-state index is 0.147. The maximum Gasteiger partial charge on any atom is 0.253 e. The van der Waals surface area contributed by atoms with Crippen molar-refractivity contribution in [3.05, 3.63) is 78.4 Å². The Hall–Kier alpha value is -2.88. The van der Waals surface area contributed by atoms with Crippen LogP contribution in [0.15, 0.2) is 67.1 Å². The Bertz CT molecular complexity index is 969. The lowest BCUT2D eigenvalue weighted by atomic mass is 9.87. The summed E-state index contributed by atoms with van der Waals surface area (Å²) in [5.41, 5.74) is 3.42. The van der Waals surface area contributed by atoms with E-state index in [0.717, 1.165) is 42.8 Å². The molecule has 0 spiro atoms. The van der Waals surface area contributed by atoms with E-state index in [0.29, 0.717) is 5.92 Å². The van der Waals surface area contributed by atoms with E-state index in [1.807, 2.05) is 47.7 Å². The van der Waals surface area contributed by atoms with Gasteiger partial charge in [0.1, 0.15) is 5.54 Å². The number of aryl methyl sites for hydroxylation is 1. The van der Waals surface area contributed by atoms with Gasteiger partial charge in [0.05, 0.1) is 12.0 Å². The highest BCUT2D eigenvalue weighted by Crippen LogP contribution is 2.32. The van der Waals surface area contributed by atoms with E-state index >= 15 is 0 Å². The third-order valence-electron chi connectivity index (χ3n) is 6.27. The molecule has 29 heavy (non-hydrogen) atoms. The maximum absolute atomic E-state index is 13.8. The number of carbonyl (C=O) groups excluding carboxylic acids is 1. The van der Waals surface area contributed by atoms with Crippen LogP contribution in [0, 0.1) is 12.8 Å². The Kier molecular flexibility index (Phi) is 5.27. The second-order valence-corrected chi connectivity index (χ2v) is 8.41. The fourth-order valence-corrected chi connectivity index (χ4v) is 4.19. The molecule has 0 aliphatic carbocycles. The summed E-state index contributed by atoms with van der Waals surface area (Å²) >= 11 is 0. The maximum atomic E-state index is 13.8. The average Bonchev–Trinajstić information content (AvgIpc) is 3.21. The summed E-state index contributed by atoms with van der Waals surface area (Å²) in [6.45, 7) is 7.90. The summed E-state index contributed by atoms with van der Waals surface area (Å²) in [7, 11) is 0. The largest absolute Gasteiger partial charge is 0.340 e. The van der Waals surface area contributed by atoms with Gasteiger partial charge < -0.3 is 9.47 Å². The van der Waals surface area contributed by atoms with E-state index in [9.17, 15) is 4.79 Å². The molecule has 1 aromatic heterocycles. The van der Waals surface area contributed by atoms with E-state index in [1.54, 1.807) is 6.33 Å². The van der Waals surface area contributed by atoms with Crippen molar-refractivity contribution >= 4 is 5.91 Å². The molecule has 150 valence electrons. The normalized spacial score (nSPS) is 17.1. The first-order valence-corrected chi connectivity index (χ1v) is 10.4. The van der Waals surface area contributed by atoms with Gasteiger partial charge in [0.2, 0.25) is 0 Å². The molecule has 0 N–H and O–H groups in total. The topological polar surface area (TPSA) is 38.1 Å². The van der Waals surface area contributed by atoms with E-state index in [4.69, 9.17) is 0 Å². The number of imidazole rings is 1. The van der Waals surface area contributed by atoms with Crippen LogP contribution in [0.5, 0.6) is 0 Å². The zero-order valence-corrected chi connectivity index (χ0v) is 17.5. The Labute approximate surface area is 173 Å². The molecule has 1 amide bonds. The Morgan fingerprint density at radius 2 is 1.62 bits per heavy atom. The van der Waals surface area contributed by atoms with Crippen molar-refractivity contribution in [1.82, 2.24) is 14.5 Å². The number of carbonyl (C=O) groups is 1. The minimum atomic E-state index is -0.808. The summed E-state index contributed by atoms with van der Waals surface area (Å²) in [5.74, 6) is 0.834. The minimum Gasteiger partial charge on any atom is -0.340 e.